The standard InChI is InChI=1S/C26H31N5/c1-3-12-31(13-11-22-8-10-24-19(2)7-9-25(24)26(22)29)18-21(16-28)17-30-23-6-4-5-20(14-23)15-27/h4-6,8,10,14,16-17,28,30H,2-3,7,9,11-13,18,29H2,1H3/b21-17+,28-16?. The molecular weight excluding hydrogens is 382 g/mol. The van der Waals surface area contributed by atoms with E-state index in [0.29, 0.717) is 12.1 Å². The summed E-state index contributed by atoms with van der Waals surface area (Å²) in [7, 11) is 0. The van der Waals surface area contributed by atoms with E-state index in [2.05, 4.69) is 41.9 Å². The summed E-state index contributed by atoms with van der Waals surface area (Å²) in [4.78, 5) is 2.36. The molecule has 0 aromatic heterocycles. The van der Waals surface area contributed by atoms with Crippen LogP contribution < -0.4 is 11.1 Å². The summed E-state index contributed by atoms with van der Waals surface area (Å²) in [6.45, 7) is 8.83. The van der Waals surface area contributed by atoms with Gasteiger partial charge in [-0.3, -0.25) is 4.90 Å². The highest BCUT2D eigenvalue weighted by molar-refractivity contribution is 5.78. The number of anilines is 2. The van der Waals surface area contributed by atoms with E-state index in [-0.39, 0.29) is 0 Å². The van der Waals surface area contributed by atoms with Crippen molar-refractivity contribution < 1.29 is 0 Å². The molecule has 0 bridgehead atoms. The minimum absolute atomic E-state index is 0.609. The molecule has 1 aliphatic carbocycles. The van der Waals surface area contributed by atoms with Crippen molar-refractivity contribution in [2.24, 2.45) is 0 Å². The van der Waals surface area contributed by atoms with Gasteiger partial charge in [0.05, 0.1) is 11.6 Å². The summed E-state index contributed by atoms with van der Waals surface area (Å²) < 4.78 is 0. The average molecular weight is 414 g/mol. The third-order valence-electron chi connectivity index (χ3n) is 5.75. The second kappa shape index (κ2) is 10.6. The fourth-order valence-corrected chi connectivity index (χ4v) is 4.05. The number of allylic oxidation sites excluding steroid dienone is 1. The molecule has 0 radical (unpaired) electrons. The SMILES string of the molecule is C=C1CCc2c1ccc(CCN(CCC)C/C(C=N)=C/Nc1cccc(C#N)c1)c2N. The molecule has 0 atom stereocenters. The highest BCUT2D eigenvalue weighted by Crippen LogP contribution is 2.36. The van der Waals surface area contributed by atoms with E-state index in [1.807, 2.05) is 18.3 Å². The van der Waals surface area contributed by atoms with Crippen molar-refractivity contribution in [3.8, 4) is 6.07 Å². The van der Waals surface area contributed by atoms with Crippen LogP contribution in [0.5, 0.6) is 0 Å². The summed E-state index contributed by atoms with van der Waals surface area (Å²) in [5, 5.41) is 20.1. The lowest BCUT2D eigenvalue weighted by Crippen LogP contribution is -2.30. The van der Waals surface area contributed by atoms with Gasteiger partial charge in [0.25, 0.3) is 0 Å². The number of nitrogens with zero attached hydrogens (tertiary/aromatic N) is 2. The van der Waals surface area contributed by atoms with Gasteiger partial charge in [-0.15, -0.1) is 0 Å². The largest absolute Gasteiger partial charge is 0.398 e. The number of benzene rings is 2. The van der Waals surface area contributed by atoms with Crippen molar-refractivity contribution in [2.45, 2.75) is 32.6 Å². The first-order valence-electron chi connectivity index (χ1n) is 10.8. The molecule has 4 N–H and O–H groups in total. The second-order valence-corrected chi connectivity index (χ2v) is 7.99. The van der Waals surface area contributed by atoms with Crippen LogP contribution in [0.4, 0.5) is 11.4 Å². The van der Waals surface area contributed by atoms with Crippen LogP contribution in [0.2, 0.25) is 0 Å². The molecule has 0 amide bonds. The lowest BCUT2D eigenvalue weighted by molar-refractivity contribution is 0.304. The van der Waals surface area contributed by atoms with Crippen molar-refractivity contribution in [1.29, 1.82) is 10.7 Å². The lowest BCUT2D eigenvalue weighted by Gasteiger charge is -2.23. The summed E-state index contributed by atoms with van der Waals surface area (Å²) in [6.07, 6.45) is 7.16. The van der Waals surface area contributed by atoms with Crippen molar-refractivity contribution in [3.05, 3.63) is 77.0 Å². The van der Waals surface area contributed by atoms with Gasteiger partial charge >= 0.3 is 0 Å². The zero-order chi connectivity index (χ0) is 22.2. The van der Waals surface area contributed by atoms with Crippen LogP contribution in [0.25, 0.3) is 5.57 Å². The van der Waals surface area contributed by atoms with Gasteiger partial charge in [-0.2, -0.15) is 5.26 Å². The molecule has 2 aromatic carbocycles. The summed E-state index contributed by atoms with van der Waals surface area (Å²) in [5.41, 5.74) is 14.6. The van der Waals surface area contributed by atoms with Crippen molar-refractivity contribution >= 4 is 23.2 Å². The Balaban J connectivity index is 1.65. The molecule has 5 heteroatoms. The molecule has 0 saturated heterocycles. The van der Waals surface area contributed by atoms with Crippen LogP contribution in [-0.2, 0) is 12.8 Å². The van der Waals surface area contributed by atoms with E-state index >= 15 is 0 Å². The molecule has 0 aliphatic heterocycles. The third-order valence-corrected chi connectivity index (χ3v) is 5.75. The molecule has 5 nitrogen and oxygen atoms in total. The Morgan fingerprint density at radius 3 is 2.87 bits per heavy atom. The van der Waals surface area contributed by atoms with E-state index in [1.54, 1.807) is 12.1 Å². The molecule has 160 valence electrons. The van der Waals surface area contributed by atoms with Gasteiger partial charge in [-0.05, 0) is 78.3 Å². The van der Waals surface area contributed by atoms with Crippen molar-refractivity contribution in [3.63, 3.8) is 0 Å². The highest BCUT2D eigenvalue weighted by atomic mass is 15.1. The fourth-order valence-electron chi connectivity index (χ4n) is 4.05. The minimum Gasteiger partial charge on any atom is -0.398 e. The molecular formula is C26H31N5. The Labute approximate surface area is 185 Å². The number of nitriles is 1. The van der Waals surface area contributed by atoms with E-state index in [9.17, 15) is 0 Å². The summed E-state index contributed by atoms with van der Waals surface area (Å²) >= 11 is 0. The number of nitrogen functional groups attached to an aromatic ring is 1. The van der Waals surface area contributed by atoms with E-state index < -0.39 is 0 Å². The smallest absolute Gasteiger partial charge is 0.0992 e. The lowest BCUT2D eigenvalue weighted by atomic mass is 10.00. The summed E-state index contributed by atoms with van der Waals surface area (Å²) in [5.74, 6) is 0. The van der Waals surface area contributed by atoms with Crippen LogP contribution in [-0.4, -0.2) is 30.7 Å². The number of hydrogen-bond donors (Lipinski definition) is 3. The highest BCUT2D eigenvalue weighted by Gasteiger charge is 2.19. The van der Waals surface area contributed by atoms with Gasteiger partial charge < -0.3 is 16.5 Å². The number of rotatable bonds is 10. The molecule has 2 aromatic rings. The maximum atomic E-state index is 9.05. The Kier molecular flexibility index (Phi) is 7.64. The quantitative estimate of drug-likeness (QED) is 0.378. The first-order chi connectivity index (χ1) is 15.0. The first-order valence-corrected chi connectivity index (χ1v) is 10.8. The van der Waals surface area contributed by atoms with Crippen molar-refractivity contribution in [2.75, 3.05) is 30.7 Å². The topological polar surface area (TPSA) is 88.9 Å². The van der Waals surface area contributed by atoms with Gasteiger partial charge in [-0.1, -0.05) is 31.7 Å². The van der Waals surface area contributed by atoms with Crippen LogP contribution >= 0.6 is 0 Å². The second-order valence-electron chi connectivity index (χ2n) is 7.99. The van der Waals surface area contributed by atoms with E-state index in [4.69, 9.17) is 16.4 Å². The Bertz CT molecular complexity index is 1030. The van der Waals surface area contributed by atoms with Crippen LogP contribution in [0.15, 0.2) is 54.8 Å². The fraction of sp³-hybridized carbons (Fsp3) is 0.308. The zero-order valence-corrected chi connectivity index (χ0v) is 18.2. The molecule has 0 heterocycles. The first kappa shape index (κ1) is 22.3. The number of hydrogen-bond acceptors (Lipinski definition) is 5. The monoisotopic (exact) mass is 413 g/mol. The van der Waals surface area contributed by atoms with Gasteiger partial charge in [0, 0.05) is 36.9 Å². The Hall–Kier alpha value is -3.36. The van der Waals surface area contributed by atoms with Crippen LogP contribution in [0, 0.1) is 16.7 Å². The van der Waals surface area contributed by atoms with E-state index in [0.717, 1.165) is 55.7 Å². The predicted octanol–water partition coefficient (Wildman–Crippen LogP) is 5.00. The third kappa shape index (κ3) is 5.62. The van der Waals surface area contributed by atoms with Gasteiger partial charge in [-0.25, -0.2) is 0 Å². The van der Waals surface area contributed by atoms with Crippen LogP contribution in [0.1, 0.15) is 42.0 Å². The number of fused-ring (bicyclic) bond motifs is 1. The normalized spacial score (nSPS) is 13.2. The Morgan fingerprint density at radius 1 is 1.29 bits per heavy atom. The predicted molar refractivity (Wildman–Crippen MR) is 130 cm³/mol. The molecule has 0 spiro atoms. The van der Waals surface area contributed by atoms with E-state index in [1.165, 1.54) is 28.5 Å². The molecule has 0 saturated carbocycles. The molecule has 1 aliphatic rings. The number of nitrogens with one attached hydrogen (secondary N) is 2. The molecule has 0 fully saturated rings. The molecule has 0 unspecified atom stereocenters. The van der Waals surface area contributed by atoms with Gasteiger partial charge in [0.2, 0.25) is 0 Å². The minimum atomic E-state index is 0.609. The Morgan fingerprint density at radius 2 is 2.13 bits per heavy atom. The summed E-state index contributed by atoms with van der Waals surface area (Å²) in [6, 6.07) is 13.8. The maximum absolute atomic E-state index is 9.05. The average Bonchev–Trinajstić information content (AvgIpc) is 3.17. The molecule has 3 rings (SSSR count). The molecule has 31 heavy (non-hydrogen) atoms. The number of nitrogens with two attached hydrogens (primary N) is 1. The van der Waals surface area contributed by atoms with Crippen LogP contribution in [0.3, 0.4) is 0 Å². The van der Waals surface area contributed by atoms with Gasteiger partial charge in [0.15, 0.2) is 0 Å². The van der Waals surface area contributed by atoms with Crippen molar-refractivity contribution in [1.82, 2.24) is 4.90 Å². The zero-order valence-electron chi connectivity index (χ0n) is 18.2. The van der Waals surface area contributed by atoms with Gasteiger partial charge in [0.1, 0.15) is 0 Å². The maximum Gasteiger partial charge on any atom is 0.0992 e.